The molecule has 3 heteroatoms. The van der Waals surface area contributed by atoms with E-state index in [9.17, 15) is 0 Å². The molecule has 0 amide bonds. The minimum atomic E-state index is 0.277. The van der Waals surface area contributed by atoms with E-state index in [1.165, 1.54) is 0 Å². The lowest BCUT2D eigenvalue weighted by Crippen LogP contribution is -2.07. The molecule has 0 aliphatic rings. The summed E-state index contributed by atoms with van der Waals surface area (Å²) < 4.78 is 0.277. The van der Waals surface area contributed by atoms with E-state index in [2.05, 4.69) is 25.8 Å². The van der Waals surface area contributed by atoms with E-state index in [4.69, 9.17) is 11.6 Å². The van der Waals surface area contributed by atoms with E-state index in [0.717, 1.165) is 11.3 Å². The van der Waals surface area contributed by atoms with E-state index in [1.54, 1.807) is 6.20 Å². The van der Waals surface area contributed by atoms with Crippen molar-refractivity contribution in [2.75, 3.05) is 0 Å². The average molecular weight is 216 g/mol. The minimum Gasteiger partial charge on any atom is -0.244 e. The molecular formula is C10H14ClNS. The largest absolute Gasteiger partial charge is 0.244 e. The van der Waals surface area contributed by atoms with Gasteiger partial charge >= 0.3 is 0 Å². The molecule has 0 bridgehead atoms. The van der Waals surface area contributed by atoms with Crippen LogP contribution in [0.3, 0.4) is 0 Å². The van der Waals surface area contributed by atoms with Crippen LogP contribution in [0, 0.1) is 0 Å². The zero-order chi connectivity index (χ0) is 9.90. The van der Waals surface area contributed by atoms with Gasteiger partial charge in [0.25, 0.3) is 0 Å². The second kappa shape index (κ2) is 4.34. The highest BCUT2D eigenvalue weighted by Gasteiger charge is 2.11. The van der Waals surface area contributed by atoms with Gasteiger partial charge in [0.2, 0.25) is 0 Å². The molecule has 0 saturated heterocycles. The topological polar surface area (TPSA) is 12.9 Å². The van der Waals surface area contributed by atoms with Crippen LogP contribution in [-0.4, -0.2) is 9.73 Å². The van der Waals surface area contributed by atoms with Crippen molar-refractivity contribution in [3.8, 4) is 0 Å². The van der Waals surface area contributed by atoms with Gasteiger partial charge in [-0.25, -0.2) is 4.98 Å². The Kier molecular flexibility index (Phi) is 3.63. The number of halogens is 1. The molecule has 1 heterocycles. The summed E-state index contributed by atoms with van der Waals surface area (Å²) in [4.78, 5) is 4.03. The summed E-state index contributed by atoms with van der Waals surface area (Å²) >= 11 is 7.81. The van der Waals surface area contributed by atoms with Gasteiger partial charge in [-0.1, -0.05) is 38.4 Å². The third-order valence-electron chi connectivity index (χ3n) is 1.50. The van der Waals surface area contributed by atoms with Crippen molar-refractivity contribution in [3.05, 3.63) is 29.0 Å². The molecule has 0 N–H and O–H groups in total. The first-order chi connectivity index (χ1) is 5.99. The van der Waals surface area contributed by atoms with E-state index in [-0.39, 0.29) is 4.75 Å². The van der Waals surface area contributed by atoms with E-state index >= 15 is 0 Å². The Morgan fingerprint density at radius 3 is 2.69 bits per heavy atom. The summed E-state index contributed by atoms with van der Waals surface area (Å²) in [6, 6.07) is 3.94. The number of rotatable bonds is 2. The Hall–Kier alpha value is -0.210. The van der Waals surface area contributed by atoms with Crippen molar-refractivity contribution < 1.29 is 0 Å². The molecule has 0 saturated carbocycles. The normalized spacial score (nSPS) is 11.7. The van der Waals surface area contributed by atoms with E-state index in [0.29, 0.717) is 5.15 Å². The molecule has 0 radical (unpaired) electrons. The Morgan fingerprint density at radius 2 is 2.15 bits per heavy atom. The number of thioether (sulfide) groups is 1. The number of pyridine rings is 1. The standard InChI is InChI=1S/C10H14ClNS/c1-10(2,3)13-7-8-5-4-6-12-9(8)11/h4-6H,7H2,1-3H3. The van der Waals surface area contributed by atoms with Crippen molar-refractivity contribution in [1.82, 2.24) is 4.98 Å². The fourth-order valence-electron chi connectivity index (χ4n) is 0.821. The van der Waals surface area contributed by atoms with Gasteiger partial charge < -0.3 is 0 Å². The van der Waals surface area contributed by atoms with Crippen LogP contribution in [0.1, 0.15) is 26.3 Å². The summed E-state index contributed by atoms with van der Waals surface area (Å²) in [6.45, 7) is 6.59. The summed E-state index contributed by atoms with van der Waals surface area (Å²) in [5, 5.41) is 0.624. The lowest BCUT2D eigenvalue weighted by molar-refractivity contribution is 0.802. The van der Waals surface area contributed by atoms with Gasteiger partial charge in [-0.15, -0.1) is 0 Å². The van der Waals surface area contributed by atoms with Gasteiger partial charge in [0.1, 0.15) is 5.15 Å². The number of hydrogen-bond acceptors (Lipinski definition) is 2. The molecule has 1 rings (SSSR count). The minimum absolute atomic E-state index is 0.277. The Morgan fingerprint density at radius 1 is 1.46 bits per heavy atom. The molecular weight excluding hydrogens is 202 g/mol. The van der Waals surface area contributed by atoms with Crippen LogP contribution in [0.15, 0.2) is 18.3 Å². The maximum Gasteiger partial charge on any atom is 0.133 e. The lowest BCUT2D eigenvalue weighted by atomic mass is 10.3. The van der Waals surface area contributed by atoms with Gasteiger partial charge in [-0.2, -0.15) is 11.8 Å². The smallest absolute Gasteiger partial charge is 0.133 e. The van der Waals surface area contributed by atoms with Crippen LogP contribution < -0.4 is 0 Å². The molecule has 1 nitrogen and oxygen atoms in total. The second-order valence-electron chi connectivity index (χ2n) is 3.85. The molecule has 0 aliphatic carbocycles. The van der Waals surface area contributed by atoms with Crippen molar-refractivity contribution in [2.24, 2.45) is 0 Å². The molecule has 0 atom stereocenters. The Balaban J connectivity index is 2.60. The molecule has 0 aliphatic heterocycles. The van der Waals surface area contributed by atoms with Crippen molar-refractivity contribution in [1.29, 1.82) is 0 Å². The van der Waals surface area contributed by atoms with Crippen LogP contribution in [0.5, 0.6) is 0 Å². The highest BCUT2D eigenvalue weighted by atomic mass is 35.5. The van der Waals surface area contributed by atoms with E-state index in [1.807, 2.05) is 23.9 Å². The second-order valence-corrected chi connectivity index (χ2v) is 6.01. The van der Waals surface area contributed by atoms with Crippen molar-refractivity contribution in [2.45, 2.75) is 31.3 Å². The molecule has 72 valence electrons. The molecule has 13 heavy (non-hydrogen) atoms. The summed E-state index contributed by atoms with van der Waals surface area (Å²) in [5.41, 5.74) is 1.11. The third kappa shape index (κ3) is 4.01. The monoisotopic (exact) mass is 215 g/mol. The summed E-state index contributed by atoms with van der Waals surface area (Å²) in [7, 11) is 0. The number of nitrogens with zero attached hydrogens (tertiary/aromatic N) is 1. The maximum absolute atomic E-state index is 5.93. The van der Waals surface area contributed by atoms with Crippen LogP contribution in [-0.2, 0) is 5.75 Å². The van der Waals surface area contributed by atoms with Gasteiger partial charge in [0.15, 0.2) is 0 Å². The number of aromatic nitrogens is 1. The molecule has 0 aromatic carbocycles. The third-order valence-corrected chi connectivity index (χ3v) is 3.16. The maximum atomic E-state index is 5.93. The molecule has 1 aromatic rings. The fourth-order valence-corrected chi connectivity index (χ4v) is 1.91. The SMILES string of the molecule is CC(C)(C)SCc1cccnc1Cl. The van der Waals surface area contributed by atoms with Crippen LogP contribution in [0.2, 0.25) is 5.15 Å². The van der Waals surface area contributed by atoms with Gasteiger partial charge in [-0.05, 0) is 11.6 Å². The van der Waals surface area contributed by atoms with Crippen LogP contribution in [0.25, 0.3) is 0 Å². The molecule has 1 aromatic heterocycles. The summed E-state index contributed by atoms with van der Waals surface area (Å²) in [6.07, 6.45) is 1.72. The molecule has 0 fully saturated rings. The van der Waals surface area contributed by atoms with Crippen LogP contribution >= 0.6 is 23.4 Å². The first-order valence-electron chi connectivity index (χ1n) is 4.22. The predicted octanol–water partition coefficient (Wildman–Crippen LogP) is 3.77. The average Bonchev–Trinajstić information content (AvgIpc) is 2.01. The molecule has 0 unspecified atom stereocenters. The van der Waals surface area contributed by atoms with Gasteiger partial charge in [0.05, 0.1) is 0 Å². The first kappa shape index (κ1) is 10.9. The zero-order valence-corrected chi connectivity index (χ0v) is 9.75. The van der Waals surface area contributed by atoms with Gasteiger partial charge in [0, 0.05) is 16.7 Å². The first-order valence-corrected chi connectivity index (χ1v) is 5.59. The quantitative estimate of drug-likeness (QED) is 0.697. The highest BCUT2D eigenvalue weighted by Crippen LogP contribution is 2.28. The highest BCUT2D eigenvalue weighted by molar-refractivity contribution is 7.99. The number of hydrogen-bond donors (Lipinski definition) is 0. The lowest BCUT2D eigenvalue weighted by Gasteiger charge is -2.17. The van der Waals surface area contributed by atoms with E-state index < -0.39 is 0 Å². The fraction of sp³-hybridized carbons (Fsp3) is 0.500. The van der Waals surface area contributed by atoms with Crippen molar-refractivity contribution in [3.63, 3.8) is 0 Å². The predicted molar refractivity (Wildman–Crippen MR) is 60.3 cm³/mol. The Labute approximate surface area is 88.9 Å². The molecule has 0 spiro atoms. The Bertz CT molecular complexity index is 280. The van der Waals surface area contributed by atoms with Crippen LogP contribution in [0.4, 0.5) is 0 Å². The van der Waals surface area contributed by atoms with Gasteiger partial charge in [-0.3, -0.25) is 0 Å². The zero-order valence-electron chi connectivity index (χ0n) is 8.17. The summed E-state index contributed by atoms with van der Waals surface area (Å²) in [5.74, 6) is 0.927. The van der Waals surface area contributed by atoms with Crippen molar-refractivity contribution >= 4 is 23.4 Å².